The van der Waals surface area contributed by atoms with E-state index in [2.05, 4.69) is 0 Å². The first-order chi connectivity index (χ1) is 32.4. The van der Waals surface area contributed by atoms with Crippen LogP contribution in [-0.2, 0) is 56.7 Å². The Morgan fingerprint density at radius 1 is 0.855 bits per heavy atom. The van der Waals surface area contributed by atoms with Crippen LogP contribution in [0.5, 0.6) is 0 Å². The maximum Gasteiger partial charge on any atom is 0.329 e. The SMILES string of the molecule is CO[C@H]1C[C@@H]2CC[C@@H](C)[C@@](O)(O2)C(=O)C(=O)N2CCCC[C@H]2C(=O)OC([C@H](C)C[C@@H]2CC[C@@H](OP(C)(C)=O)[C@H](OC)C2)CC(=O)[C@H](C)C=C(C)[C@@H](O)[C@@H](OC)C(=O)[C@H](C)C[C@H](C)C=CC=CC=C1C. The van der Waals surface area contributed by atoms with Gasteiger partial charge in [0.1, 0.15) is 30.1 Å². The molecule has 0 spiro atoms. The van der Waals surface area contributed by atoms with Gasteiger partial charge in [0, 0.05) is 71.8 Å². The second-order valence-electron chi connectivity index (χ2n) is 20.9. The van der Waals surface area contributed by atoms with E-state index in [9.17, 15) is 38.8 Å². The van der Waals surface area contributed by atoms with Crippen molar-refractivity contribution in [3.63, 3.8) is 0 Å². The fourth-order valence-electron chi connectivity index (χ4n) is 10.5. The van der Waals surface area contributed by atoms with Crippen molar-refractivity contribution in [2.24, 2.45) is 35.5 Å². The Hall–Kier alpha value is -3.14. The first kappa shape index (κ1) is 58.4. The Labute approximate surface area is 411 Å². The predicted octanol–water partition coefficient (Wildman–Crippen LogP) is 7.74. The van der Waals surface area contributed by atoms with Crippen molar-refractivity contribution in [1.29, 1.82) is 0 Å². The lowest BCUT2D eigenvalue weighted by Crippen LogP contribution is -2.61. The van der Waals surface area contributed by atoms with Crippen LogP contribution in [0.15, 0.2) is 47.6 Å². The standard InChI is InChI=1S/C53H84NO14P/c1-32-18-14-13-15-19-33(2)44(63-8)30-40-23-21-38(7)53(61,67-40)50(58)51(59)54-25-17-16-20-41(54)52(60)66-45(35(4)28-39-22-24-43(46(29-39)64-9)68-69(11,12)62)31-42(55)34(3)27-37(6)48(57)49(65-10)47(56)36(5)26-32/h13-15,18-19,27,32,34-36,38-41,43-46,48-49,57,61H,16-17,20-26,28-31H2,1-12H3/t32-,34-,35-,36-,38-,39+,40+,41+,43-,44+,45?,46-,48-,49+,53-/m1/s1. The van der Waals surface area contributed by atoms with Crippen LogP contribution in [0.2, 0.25) is 0 Å². The van der Waals surface area contributed by atoms with E-state index in [1.807, 2.05) is 58.1 Å². The molecule has 1 saturated carbocycles. The minimum absolute atomic E-state index is 0.0117. The van der Waals surface area contributed by atoms with Crippen molar-refractivity contribution in [2.75, 3.05) is 41.2 Å². The summed E-state index contributed by atoms with van der Waals surface area (Å²) in [5, 5.41) is 23.5. The predicted molar refractivity (Wildman–Crippen MR) is 263 cm³/mol. The normalized spacial score (nSPS) is 36.6. The van der Waals surface area contributed by atoms with Gasteiger partial charge in [-0.05, 0) is 107 Å². The molecule has 0 aromatic heterocycles. The van der Waals surface area contributed by atoms with E-state index in [1.54, 1.807) is 54.4 Å². The smallest absolute Gasteiger partial charge is 0.329 e. The summed E-state index contributed by atoms with van der Waals surface area (Å²) < 4.78 is 48.2. The first-order valence-corrected chi connectivity index (χ1v) is 27.7. The number of carbonyl (C=O) groups is 5. The van der Waals surface area contributed by atoms with Crippen LogP contribution in [0.1, 0.15) is 126 Å². The summed E-state index contributed by atoms with van der Waals surface area (Å²) in [6.45, 7) is 15.9. The van der Waals surface area contributed by atoms with Crippen LogP contribution in [0, 0.1) is 35.5 Å². The lowest BCUT2D eigenvalue weighted by Gasteiger charge is -2.42. The first-order valence-electron chi connectivity index (χ1n) is 25.2. The molecule has 16 heteroatoms. The molecule has 3 heterocycles. The molecule has 0 aromatic carbocycles. The average molecular weight is 990 g/mol. The zero-order valence-electron chi connectivity index (χ0n) is 43.4. The molecule has 2 bridgehead atoms. The Bertz CT molecular complexity index is 1940. The molecule has 1 aliphatic carbocycles. The molecular formula is C53H84NO14P. The molecular weight excluding hydrogens is 906 g/mol. The van der Waals surface area contributed by atoms with E-state index in [1.165, 1.54) is 12.0 Å². The highest BCUT2D eigenvalue weighted by Crippen LogP contribution is 2.45. The van der Waals surface area contributed by atoms with Crippen LogP contribution in [0.25, 0.3) is 0 Å². The number of Topliss-reactive ketones (excluding diaryl/α,β-unsaturated/α-hetero) is 3. The Morgan fingerprint density at radius 3 is 2.22 bits per heavy atom. The zero-order valence-corrected chi connectivity index (χ0v) is 44.3. The number of amides is 1. The van der Waals surface area contributed by atoms with Crippen molar-refractivity contribution in [1.82, 2.24) is 4.90 Å². The molecule has 3 fully saturated rings. The van der Waals surface area contributed by atoms with Gasteiger partial charge in [-0.15, -0.1) is 0 Å². The molecule has 69 heavy (non-hydrogen) atoms. The van der Waals surface area contributed by atoms with Crippen LogP contribution in [-0.4, -0.2) is 140 Å². The van der Waals surface area contributed by atoms with Crippen molar-refractivity contribution >= 4 is 36.6 Å². The summed E-state index contributed by atoms with van der Waals surface area (Å²) in [5.41, 5.74) is 1.25. The maximum absolute atomic E-state index is 14.5. The molecule has 4 rings (SSSR count). The number of hydrogen-bond acceptors (Lipinski definition) is 14. The van der Waals surface area contributed by atoms with E-state index in [-0.39, 0.29) is 60.9 Å². The average Bonchev–Trinajstić information content (AvgIpc) is 3.30. The van der Waals surface area contributed by atoms with Crippen molar-refractivity contribution < 1.29 is 67.0 Å². The summed E-state index contributed by atoms with van der Waals surface area (Å²) in [6, 6.07) is -1.16. The number of ether oxygens (including phenoxy) is 5. The minimum Gasteiger partial charge on any atom is -0.460 e. The minimum atomic E-state index is -2.79. The lowest BCUT2D eigenvalue weighted by atomic mass is 9.78. The number of cyclic esters (lactones) is 1. The number of aliphatic hydroxyl groups is 2. The molecule has 0 aromatic rings. The molecule has 1 unspecified atom stereocenters. The molecule has 15 nitrogen and oxygen atoms in total. The third kappa shape index (κ3) is 16.2. The Kier molecular flexibility index (Phi) is 22.5. The van der Waals surface area contributed by atoms with Crippen LogP contribution in [0.3, 0.4) is 0 Å². The number of nitrogens with zero attached hydrogens (tertiary/aromatic N) is 1. The summed E-state index contributed by atoms with van der Waals surface area (Å²) in [7, 11) is 1.76. The zero-order chi connectivity index (χ0) is 51.4. The summed E-state index contributed by atoms with van der Waals surface area (Å²) in [5.74, 6) is -8.11. The highest BCUT2D eigenvalue weighted by molar-refractivity contribution is 7.57. The Morgan fingerprint density at radius 2 is 1.57 bits per heavy atom. The number of carbonyl (C=O) groups excluding carboxylic acids is 5. The van der Waals surface area contributed by atoms with Crippen molar-refractivity contribution in [2.45, 2.75) is 180 Å². The quantitative estimate of drug-likeness (QED) is 0.104. The lowest BCUT2D eigenvalue weighted by molar-refractivity contribution is -0.265. The fourth-order valence-corrected chi connectivity index (χ4v) is 11.4. The molecule has 3 aliphatic heterocycles. The number of ketones is 3. The molecule has 4 aliphatic rings. The number of hydrogen-bond donors (Lipinski definition) is 2. The number of allylic oxidation sites excluding steroid dienone is 6. The molecule has 2 saturated heterocycles. The largest absolute Gasteiger partial charge is 0.460 e. The molecule has 2 N–H and O–H groups in total. The van der Waals surface area contributed by atoms with Gasteiger partial charge in [-0.25, -0.2) is 4.79 Å². The summed E-state index contributed by atoms with van der Waals surface area (Å²) >= 11 is 0. The third-order valence-corrected chi connectivity index (χ3v) is 15.6. The van der Waals surface area contributed by atoms with Crippen molar-refractivity contribution in [3.8, 4) is 0 Å². The number of aliphatic hydroxyl groups excluding tert-OH is 1. The molecule has 15 atom stereocenters. The van der Waals surface area contributed by atoms with Gasteiger partial charge < -0.3 is 43.3 Å². The van der Waals surface area contributed by atoms with Gasteiger partial charge in [0.15, 0.2) is 13.2 Å². The van der Waals surface area contributed by atoms with E-state index in [0.29, 0.717) is 63.4 Å². The monoisotopic (exact) mass is 990 g/mol. The van der Waals surface area contributed by atoms with Gasteiger partial charge in [-0.1, -0.05) is 71.1 Å². The maximum atomic E-state index is 14.5. The van der Waals surface area contributed by atoms with Gasteiger partial charge in [-0.2, -0.15) is 0 Å². The number of piperidine rings is 1. The van der Waals surface area contributed by atoms with E-state index in [4.69, 9.17) is 28.2 Å². The van der Waals surface area contributed by atoms with Gasteiger partial charge in [0.05, 0.1) is 24.4 Å². The second kappa shape index (κ2) is 26.5. The number of esters is 1. The van der Waals surface area contributed by atoms with Gasteiger partial charge in [0.25, 0.3) is 11.7 Å². The van der Waals surface area contributed by atoms with Crippen LogP contribution < -0.4 is 0 Å². The number of fused-ring (bicyclic) bond motifs is 3. The summed E-state index contributed by atoms with van der Waals surface area (Å²) in [6.07, 6.45) is 11.4. The Balaban J connectivity index is 1.70. The van der Waals surface area contributed by atoms with Crippen molar-refractivity contribution in [3.05, 3.63) is 47.6 Å². The van der Waals surface area contributed by atoms with Gasteiger partial charge >= 0.3 is 5.97 Å². The topological polar surface area (TPSA) is 201 Å². The number of rotatable bonds is 8. The molecule has 0 radical (unpaired) electrons. The van der Waals surface area contributed by atoms with Gasteiger partial charge in [-0.3, -0.25) is 23.7 Å². The van der Waals surface area contributed by atoms with E-state index >= 15 is 0 Å². The number of methoxy groups -OCH3 is 3. The van der Waals surface area contributed by atoms with E-state index in [0.717, 1.165) is 12.0 Å². The van der Waals surface area contributed by atoms with Crippen LogP contribution in [0.4, 0.5) is 0 Å². The third-order valence-electron chi connectivity index (χ3n) is 14.8. The van der Waals surface area contributed by atoms with E-state index < -0.39 is 85.1 Å². The van der Waals surface area contributed by atoms with Crippen LogP contribution >= 0.6 is 7.37 Å². The highest BCUT2D eigenvalue weighted by atomic mass is 31.2. The fraction of sp³-hybridized carbons (Fsp3) is 0.755. The summed E-state index contributed by atoms with van der Waals surface area (Å²) in [4.78, 5) is 72.2. The van der Waals surface area contributed by atoms with Gasteiger partial charge in [0.2, 0.25) is 5.79 Å². The highest BCUT2D eigenvalue weighted by Gasteiger charge is 2.53. The molecule has 390 valence electrons. The second-order valence-corrected chi connectivity index (χ2v) is 23.6. The molecule has 1 amide bonds.